The van der Waals surface area contributed by atoms with Gasteiger partial charge in [0.2, 0.25) is 0 Å². The highest BCUT2D eigenvalue weighted by Gasteiger charge is 2.32. The second kappa shape index (κ2) is 10.1. The number of aliphatic hydroxyl groups is 1. The van der Waals surface area contributed by atoms with Crippen molar-refractivity contribution in [1.82, 2.24) is 15.2 Å². The van der Waals surface area contributed by atoms with Crippen LogP contribution < -0.4 is 5.32 Å². The summed E-state index contributed by atoms with van der Waals surface area (Å²) in [5, 5.41) is 12.8. The average molecular weight is 436 g/mol. The molecule has 1 aliphatic carbocycles. The van der Waals surface area contributed by atoms with Gasteiger partial charge in [0, 0.05) is 30.9 Å². The van der Waals surface area contributed by atoms with Crippen molar-refractivity contribution in [3.05, 3.63) is 64.5 Å². The quantitative estimate of drug-likeness (QED) is 0.646. The van der Waals surface area contributed by atoms with Crippen LogP contribution in [0.15, 0.2) is 36.5 Å². The third-order valence-corrected chi connectivity index (χ3v) is 7.37. The molecule has 1 amide bonds. The van der Waals surface area contributed by atoms with E-state index < -0.39 is 6.04 Å². The van der Waals surface area contributed by atoms with Gasteiger partial charge in [-0.25, -0.2) is 0 Å². The van der Waals surface area contributed by atoms with Crippen molar-refractivity contribution in [1.29, 1.82) is 0 Å². The molecule has 4 rings (SSSR count). The molecule has 2 atom stereocenters. The summed E-state index contributed by atoms with van der Waals surface area (Å²) in [4.78, 5) is 20.0. The van der Waals surface area contributed by atoms with Crippen LogP contribution in [0.3, 0.4) is 0 Å². The minimum Gasteiger partial charge on any atom is -0.394 e. The Bertz CT molecular complexity index is 919. The van der Waals surface area contributed by atoms with Crippen molar-refractivity contribution in [2.45, 2.75) is 71.5 Å². The molecule has 0 spiro atoms. The van der Waals surface area contributed by atoms with Crippen LogP contribution in [0.5, 0.6) is 0 Å². The molecule has 1 fully saturated rings. The smallest absolute Gasteiger partial charge is 0.251 e. The molecule has 2 aliphatic rings. The van der Waals surface area contributed by atoms with E-state index in [-0.39, 0.29) is 12.5 Å². The van der Waals surface area contributed by atoms with Gasteiger partial charge in [0.25, 0.3) is 5.91 Å². The minimum absolute atomic E-state index is 0.165. The van der Waals surface area contributed by atoms with Gasteiger partial charge < -0.3 is 10.4 Å². The summed E-state index contributed by atoms with van der Waals surface area (Å²) in [6.07, 6.45) is 8.24. The van der Waals surface area contributed by atoms with E-state index in [1.54, 1.807) is 6.20 Å². The number of nitrogens with zero attached hydrogens (tertiary/aromatic N) is 2. The van der Waals surface area contributed by atoms with Gasteiger partial charge in [-0.15, -0.1) is 0 Å². The number of amides is 1. The van der Waals surface area contributed by atoms with E-state index in [1.165, 1.54) is 36.8 Å². The number of nitrogens with one attached hydrogen (secondary N) is 1. The van der Waals surface area contributed by atoms with E-state index in [1.807, 2.05) is 31.2 Å². The first kappa shape index (κ1) is 22.9. The molecule has 0 radical (unpaired) electrons. The predicted molar refractivity (Wildman–Crippen MR) is 127 cm³/mol. The lowest BCUT2D eigenvalue weighted by Gasteiger charge is -2.32. The molecule has 1 aromatic heterocycles. The molecule has 172 valence electrons. The molecule has 5 heteroatoms. The first-order valence-electron chi connectivity index (χ1n) is 12.2. The number of benzene rings is 1. The topological polar surface area (TPSA) is 65.5 Å². The number of aryl methyl sites for hydroxylation is 1. The largest absolute Gasteiger partial charge is 0.394 e. The molecule has 2 heterocycles. The number of aromatic nitrogens is 1. The van der Waals surface area contributed by atoms with Crippen LogP contribution >= 0.6 is 0 Å². The first-order chi connectivity index (χ1) is 15.5. The number of carbonyl (C=O) groups excluding carboxylic acids is 1. The van der Waals surface area contributed by atoms with E-state index in [2.05, 4.69) is 35.1 Å². The fourth-order valence-corrected chi connectivity index (χ4v) is 5.39. The second-order valence-corrected chi connectivity index (χ2v) is 9.86. The Morgan fingerprint density at radius 3 is 2.66 bits per heavy atom. The summed E-state index contributed by atoms with van der Waals surface area (Å²) in [6.45, 7) is 8.50. The summed E-state index contributed by atoms with van der Waals surface area (Å²) in [5.41, 5.74) is 5.01. The number of pyridine rings is 1. The van der Waals surface area contributed by atoms with E-state index >= 15 is 0 Å². The van der Waals surface area contributed by atoms with Gasteiger partial charge in [0.15, 0.2) is 0 Å². The van der Waals surface area contributed by atoms with E-state index in [9.17, 15) is 9.90 Å². The fraction of sp³-hybridized carbons (Fsp3) is 0.556. The average Bonchev–Trinajstić information content (AvgIpc) is 3.15. The Morgan fingerprint density at radius 1 is 1.22 bits per heavy atom. The van der Waals surface area contributed by atoms with Crippen LogP contribution in [-0.2, 0) is 6.54 Å². The minimum atomic E-state index is -0.509. The third-order valence-electron chi connectivity index (χ3n) is 7.37. The molecule has 32 heavy (non-hydrogen) atoms. The zero-order chi connectivity index (χ0) is 22.7. The van der Waals surface area contributed by atoms with Crippen molar-refractivity contribution in [3.63, 3.8) is 0 Å². The van der Waals surface area contributed by atoms with Crippen molar-refractivity contribution < 1.29 is 9.90 Å². The van der Waals surface area contributed by atoms with Crippen molar-refractivity contribution in [3.8, 4) is 0 Å². The molecule has 0 saturated heterocycles. The Kier molecular flexibility index (Phi) is 7.27. The molecule has 1 aliphatic heterocycles. The monoisotopic (exact) mass is 435 g/mol. The fourth-order valence-electron chi connectivity index (χ4n) is 5.39. The van der Waals surface area contributed by atoms with E-state index in [0.717, 1.165) is 36.9 Å². The number of aliphatic hydroxyl groups excluding tert-OH is 1. The van der Waals surface area contributed by atoms with Crippen LogP contribution in [0.4, 0.5) is 0 Å². The molecule has 0 unspecified atom stereocenters. The number of hydrogen-bond donors (Lipinski definition) is 2. The summed E-state index contributed by atoms with van der Waals surface area (Å²) in [6, 6.07) is 9.86. The maximum Gasteiger partial charge on any atom is 0.251 e. The Balaban J connectivity index is 1.44. The zero-order valence-corrected chi connectivity index (χ0v) is 19.7. The van der Waals surface area contributed by atoms with Crippen LogP contribution in [-0.4, -0.2) is 34.0 Å². The highest BCUT2D eigenvalue weighted by molar-refractivity contribution is 5.94. The van der Waals surface area contributed by atoms with Gasteiger partial charge in [-0.05, 0) is 72.9 Å². The summed E-state index contributed by atoms with van der Waals surface area (Å²) < 4.78 is 0. The van der Waals surface area contributed by atoms with E-state index in [4.69, 9.17) is 0 Å². The van der Waals surface area contributed by atoms with Gasteiger partial charge in [-0.3, -0.25) is 14.7 Å². The third kappa shape index (κ3) is 5.05. The highest BCUT2D eigenvalue weighted by atomic mass is 16.3. The second-order valence-electron chi connectivity index (χ2n) is 9.86. The lowest BCUT2D eigenvalue weighted by Crippen LogP contribution is -2.31. The van der Waals surface area contributed by atoms with Crippen molar-refractivity contribution in [2.75, 3.05) is 13.2 Å². The number of fused-ring (bicyclic) bond motifs is 1. The Hall–Kier alpha value is -2.24. The lowest BCUT2D eigenvalue weighted by atomic mass is 9.82. The molecular formula is C27H37N3O2. The molecule has 2 N–H and O–H groups in total. The van der Waals surface area contributed by atoms with Gasteiger partial charge in [0.05, 0.1) is 18.3 Å². The van der Waals surface area contributed by atoms with Crippen LogP contribution in [0.2, 0.25) is 0 Å². The van der Waals surface area contributed by atoms with Gasteiger partial charge in [0.1, 0.15) is 0 Å². The maximum atomic E-state index is 13.0. The standard InChI is InChI=1S/C27H37N3O2/c1-4-26-23-11-10-21(27(32)29-25(17-31)24-12-7-19(3)14-28-24)13-22(23)16-30(26)15-20-8-5-18(2)6-9-20/h7,10-14,18,20,25-26,31H,4-6,8-9,15-17H2,1-3H3,(H,29,32)/t18-,20-,25-,26-/m0/s1. The molecule has 2 aromatic rings. The first-order valence-corrected chi connectivity index (χ1v) is 12.2. The SMILES string of the molecule is CC[C@H]1c2ccc(C(=O)N[C@@H](CO)c3ccc(C)cn3)cc2CN1C[C@H]1CC[C@H](C)CC1. The Morgan fingerprint density at radius 2 is 2.00 bits per heavy atom. The van der Waals surface area contributed by atoms with Gasteiger partial charge >= 0.3 is 0 Å². The summed E-state index contributed by atoms with van der Waals surface area (Å²) in [7, 11) is 0. The normalized spacial score (nSPS) is 24.2. The van der Waals surface area contributed by atoms with E-state index in [0.29, 0.717) is 17.3 Å². The van der Waals surface area contributed by atoms with Crippen LogP contribution in [0.25, 0.3) is 0 Å². The zero-order valence-electron chi connectivity index (χ0n) is 19.7. The van der Waals surface area contributed by atoms with Crippen molar-refractivity contribution in [2.24, 2.45) is 11.8 Å². The molecule has 5 nitrogen and oxygen atoms in total. The summed E-state index contributed by atoms with van der Waals surface area (Å²) >= 11 is 0. The number of hydrogen-bond acceptors (Lipinski definition) is 4. The maximum absolute atomic E-state index is 13.0. The van der Waals surface area contributed by atoms with Gasteiger partial charge in [-0.2, -0.15) is 0 Å². The van der Waals surface area contributed by atoms with Crippen LogP contribution in [0, 0.1) is 18.8 Å². The summed E-state index contributed by atoms with van der Waals surface area (Å²) in [5.74, 6) is 1.51. The van der Waals surface area contributed by atoms with Crippen molar-refractivity contribution >= 4 is 5.91 Å². The molecule has 0 bridgehead atoms. The van der Waals surface area contributed by atoms with Crippen LogP contribution in [0.1, 0.15) is 90.8 Å². The lowest BCUT2D eigenvalue weighted by molar-refractivity contribution is 0.0914. The number of rotatable bonds is 7. The molecule has 1 saturated carbocycles. The van der Waals surface area contributed by atoms with Gasteiger partial charge in [-0.1, -0.05) is 38.8 Å². The molecular weight excluding hydrogens is 398 g/mol. The number of carbonyl (C=O) groups is 1. The Labute approximate surface area is 192 Å². The highest BCUT2D eigenvalue weighted by Crippen LogP contribution is 2.39. The molecule has 1 aromatic carbocycles. The predicted octanol–water partition coefficient (Wildman–Crippen LogP) is 4.95.